The lowest BCUT2D eigenvalue weighted by Crippen LogP contribution is -2.44. The molecule has 1 saturated carbocycles. The molecule has 2 fully saturated rings. The molecule has 0 unspecified atom stereocenters. The first kappa shape index (κ1) is 14.6. The van der Waals surface area contributed by atoms with Crippen LogP contribution >= 0.6 is 0 Å². The Balaban J connectivity index is 1.76. The van der Waals surface area contributed by atoms with Crippen LogP contribution in [0.25, 0.3) is 0 Å². The number of hydrogen-bond acceptors (Lipinski definition) is 4. The Kier molecular flexibility index (Phi) is 4.67. The number of nitrogens with zero attached hydrogens (tertiary/aromatic N) is 1. The molecular weight excluding hydrogens is 268 g/mol. The Labute approximate surface area is 114 Å². The van der Waals surface area contributed by atoms with Crippen molar-refractivity contribution in [3.63, 3.8) is 0 Å². The maximum Gasteiger partial charge on any atom is 0.317 e. The van der Waals surface area contributed by atoms with Crippen LogP contribution < -0.4 is 5.32 Å². The van der Waals surface area contributed by atoms with Crippen LogP contribution in [0.5, 0.6) is 0 Å². The van der Waals surface area contributed by atoms with E-state index in [1.165, 1.54) is 0 Å². The van der Waals surface area contributed by atoms with E-state index in [1.54, 1.807) is 12.0 Å². The van der Waals surface area contributed by atoms with Crippen molar-refractivity contribution >= 4 is 15.9 Å². The molecular formula is C12H22N2O4S. The molecule has 6 nitrogen and oxygen atoms in total. The summed E-state index contributed by atoms with van der Waals surface area (Å²) in [5.41, 5.74) is 0. The minimum atomic E-state index is -2.87. The molecule has 0 spiro atoms. The lowest BCUT2D eigenvalue weighted by atomic mass is 10.1. The van der Waals surface area contributed by atoms with Gasteiger partial charge in [-0.2, -0.15) is 0 Å². The average Bonchev–Trinajstić information content (AvgIpc) is 3.12. The highest BCUT2D eigenvalue weighted by molar-refractivity contribution is 7.91. The predicted molar refractivity (Wildman–Crippen MR) is 71.8 cm³/mol. The highest BCUT2D eigenvalue weighted by Crippen LogP contribution is 2.26. The fraction of sp³-hybridized carbons (Fsp3) is 0.917. The Morgan fingerprint density at radius 2 is 2.11 bits per heavy atom. The fourth-order valence-corrected chi connectivity index (χ4v) is 4.25. The summed E-state index contributed by atoms with van der Waals surface area (Å²) >= 11 is 0. The van der Waals surface area contributed by atoms with Gasteiger partial charge in [0.2, 0.25) is 0 Å². The minimum absolute atomic E-state index is 0.0671. The molecule has 1 atom stereocenters. The highest BCUT2D eigenvalue weighted by Gasteiger charge is 2.33. The lowest BCUT2D eigenvalue weighted by Gasteiger charge is -2.23. The summed E-state index contributed by atoms with van der Waals surface area (Å²) in [4.78, 5) is 13.9. The molecule has 1 aliphatic heterocycles. The summed E-state index contributed by atoms with van der Waals surface area (Å²) < 4.78 is 27.7. The van der Waals surface area contributed by atoms with Crippen LogP contribution in [0.15, 0.2) is 0 Å². The van der Waals surface area contributed by atoms with Crippen molar-refractivity contribution in [3.8, 4) is 0 Å². The smallest absolute Gasteiger partial charge is 0.317 e. The topological polar surface area (TPSA) is 75.7 Å². The molecule has 2 aliphatic rings. The molecule has 1 saturated heterocycles. The normalized spacial score (nSPS) is 25.2. The maximum absolute atomic E-state index is 12.1. The van der Waals surface area contributed by atoms with Gasteiger partial charge in [-0.3, -0.25) is 0 Å². The van der Waals surface area contributed by atoms with Crippen molar-refractivity contribution in [2.75, 3.05) is 38.3 Å². The van der Waals surface area contributed by atoms with Gasteiger partial charge in [-0.05, 0) is 25.2 Å². The quantitative estimate of drug-likeness (QED) is 0.760. The van der Waals surface area contributed by atoms with Crippen molar-refractivity contribution in [1.82, 2.24) is 10.2 Å². The summed E-state index contributed by atoms with van der Waals surface area (Å²) in [5, 5.41) is 2.86. The molecule has 0 aromatic heterocycles. The Morgan fingerprint density at radius 1 is 1.37 bits per heavy atom. The van der Waals surface area contributed by atoms with Crippen LogP contribution in [0.4, 0.5) is 4.79 Å². The number of amides is 2. The Morgan fingerprint density at radius 3 is 2.63 bits per heavy atom. The second kappa shape index (κ2) is 6.09. The van der Waals surface area contributed by atoms with Gasteiger partial charge in [-0.25, -0.2) is 13.2 Å². The number of carbonyl (C=O) groups excluding carboxylic acids is 1. The number of methoxy groups -OCH3 is 1. The molecule has 7 heteroatoms. The molecule has 2 rings (SSSR count). The monoisotopic (exact) mass is 290 g/mol. The maximum atomic E-state index is 12.1. The molecule has 0 aromatic carbocycles. The number of rotatable bonds is 6. The average molecular weight is 290 g/mol. The SMILES string of the molecule is COCCN(C(=O)NC[C@H]1CCS(=O)(=O)C1)C1CC1. The molecule has 0 aromatic rings. The number of nitrogens with one attached hydrogen (secondary N) is 1. The van der Waals surface area contributed by atoms with Gasteiger partial charge in [-0.1, -0.05) is 0 Å². The highest BCUT2D eigenvalue weighted by atomic mass is 32.2. The third-order valence-electron chi connectivity index (χ3n) is 3.65. The van der Waals surface area contributed by atoms with Crippen LogP contribution in [0.1, 0.15) is 19.3 Å². The van der Waals surface area contributed by atoms with Gasteiger partial charge in [-0.15, -0.1) is 0 Å². The van der Waals surface area contributed by atoms with Gasteiger partial charge in [0.15, 0.2) is 9.84 Å². The summed E-state index contributed by atoms with van der Waals surface area (Å²) in [7, 11) is -1.25. The summed E-state index contributed by atoms with van der Waals surface area (Å²) in [5.74, 6) is 0.524. The summed E-state index contributed by atoms with van der Waals surface area (Å²) in [6.45, 7) is 1.58. The van der Waals surface area contributed by atoms with Gasteiger partial charge >= 0.3 is 6.03 Å². The zero-order valence-corrected chi connectivity index (χ0v) is 12.1. The number of carbonyl (C=O) groups is 1. The van der Waals surface area contributed by atoms with Crippen molar-refractivity contribution in [1.29, 1.82) is 0 Å². The van der Waals surface area contributed by atoms with E-state index in [0.717, 1.165) is 12.8 Å². The number of urea groups is 1. The lowest BCUT2D eigenvalue weighted by molar-refractivity contribution is 0.145. The molecule has 1 N–H and O–H groups in total. The van der Waals surface area contributed by atoms with Crippen molar-refractivity contribution in [2.24, 2.45) is 5.92 Å². The predicted octanol–water partition coefficient (Wildman–Crippen LogP) is 0.242. The first-order valence-corrected chi connectivity index (χ1v) is 8.58. The van der Waals surface area contributed by atoms with Gasteiger partial charge in [0.25, 0.3) is 0 Å². The Hall–Kier alpha value is -0.820. The van der Waals surface area contributed by atoms with E-state index in [-0.39, 0.29) is 23.5 Å². The van der Waals surface area contributed by atoms with E-state index >= 15 is 0 Å². The molecule has 0 radical (unpaired) electrons. The zero-order chi connectivity index (χ0) is 13.9. The first-order valence-electron chi connectivity index (χ1n) is 6.75. The van der Waals surface area contributed by atoms with E-state index in [1.807, 2.05) is 0 Å². The van der Waals surface area contributed by atoms with Crippen molar-refractivity contribution < 1.29 is 17.9 Å². The number of hydrogen-bond donors (Lipinski definition) is 1. The standard InChI is InChI=1S/C12H22N2O4S/c1-18-6-5-14(11-2-3-11)12(15)13-8-10-4-7-19(16,17)9-10/h10-11H,2-9H2,1H3,(H,13,15)/t10-/m1/s1. The fourth-order valence-electron chi connectivity index (χ4n) is 2.39. The van der Waals surface area contributed by atoms with E-state index in [0.29, 0.717) is 32.2 Å². The first-order chi connectivity index (χ1) is 9.02. The summed E-state index contributed by atoms with van der Waals surface area (Å²) in [6.07, 6.45) is 2.76. The summed E-state index contributed by atoms with van der Waals surface area (Å²) in [6, 6.07) is 0.242. The third kappa shape index (κ3) is 4.35. The van der Waals surface area contributed by atoms with Crippen LogP contribution in [-0.2, 0) is 14.6 Å². The second-order valence-electron chi connectivity index (χ2n) is 5.37. The number of sulfone groups is 1. The minimum Gasteiger partial charge on any atom is -0.383 e. The van der Waals surface area contributed by atoms with Gasteiger partial charge < -0.3 is 15.0 Å². The van der Waals surface area contributed by atoms with Gasteiger partial charge in [0, 0.05) is 26.2 Å². The zero-order valence-electron chi connectivity index (χ0n) is 11.3. The van der Waals surface area contributed by atoms with Crippen LogP contribution in [0.2, 0.25) is 0 Å². The molecule has 0 bridgehead atoms. The Bertz CT molecular complexity index is 419. The van der Waals surface area contributed by atoms with Crippen molar-refractivity contribution in [2.45, 2.75) is 25.3 Å². The molecule has 19 heavy (non-hydrogen) atoms. The number of ether oxygens (including phenoxy) is 1. The van der Waals surface area contributed by atoms with Crippen LogP contribution in [0.3, 0.4) is 0 Å². The van der Waals surface area contributed by atoms with Crippen molar-refractivity contribution in [3.05, 3.63) is 0 Å². The molecule has 2 amide bonds. The van der Waals surface area contributed by atoms with E-state index < -0.39 is 9.84 Å². The van der Waals surface area contributed by atoms with E-state index in [4.69, 9.17) is 4.74 Å². The van der Waals surface area contributed by atoms with E-state index in [2.05, 4.69) is 5.32 Å². The van der Waals surface area contributed by atoms with Gasteiger partial charge in [0.1, 0.15) is 0 Å². The molecule has 110 valence electrons. The largest absolute Gasteiger partial charge is 0.383 e. The van der Waals surface area contributed by atoms with Crippen LogP contribution in [0, 0.1) is 5.92 Å². The molecule has 1 heterocycles. The molecule has 1 aliphatic carbocycles. The van der Waals surface area contributed by atoms with E-state index in [9.17, 15) is 13.2 Å². The second-order valence-corrected chi connectivity index (χ2v) is 7.60. The van der Waals surface area contributed by atoms with Crippen LogP contribution in [-0.4, -0.2) is 63.7 Å². The third-order valence-corrected chi connectivity index (χ3v) is 5.49. The van der Waals surface area contributed by atoms with Gasteiger partial charge in [0.05, 0.1) is 18.1 Å².